The second kappa shape index (κ2) is 14.8. The third-order valence-corrected chi connectivity index (χ3v) is 3.36. The Bertz CT molecular complexity index is 298. The zero-order chi connectivity index (χ0) is 15.1. The molecule has 0 saturated heterocycles. The van der Waals surface area contributed by atoms with Crippen LogP contribution in [0.3, 0.4) is 0 Å². The van der Waals surface area contributed by atoms with Crippen molar-refractivity contribution in [1.82, 2.24) is 4.98 Å². The van der Waals surface area contributed by atoms with Gasteiger partial charge in [0.25, 0.3) is 0 Å². The van der Waals surface area contributed by atoms with Crippen molar-refractivity contribution >= 4 is 11.8 Å². The summed E-state index contributed by atoms with van der Waals surface area (Å²) in [5.41, 5.74) is 1.05. The highest BCUT2D eigenvalue weighted by atomic mass is 32.2. The average molecular weight is 301 g/mol. The Morgan fingerprint density at radius 2 is 2.10 bits per heavy atom. The molecule has 1 aromatic heterocycles. The number of rotatable bonds is 9. The summed E-state index contributed by atoms with van der Waals surface area (Å²) in [6.07, 6.45) is 3.61. The van der Waals surface area contributed by atoms with E-state index >= 15 is 0 Å². The first kappa shape index (κ1) is 19.4. The number of aromatic nitrogens is 1. The molecule has 1 N–H and O–H groups in total. The number of nitrogens with zero attached hydrogens (tertiary/aromatic N) is 1. The quantitative estimate of drug-likeness (QED) is 0.711. The Morgan fingerprint density at radius 3 is 2.70 bits per heavy atom. The molecule has 0 bridgehead atoms. The molecule has 1 unspecified atom stereocenters. The molecule has 116 valence electrons. The molecule has 1 heterocycles. The number of thioether (sulfide) groups is 1. The predicted octanol–water partition coefficient (Wildman–Crippen LogP) is 2.76. The van der Waals surface area contributed by atoms with Crippen molar-refractivity contribution in [1.29, 1.82) is 0 Å². The summed E-state index contributed by atoms with van der Waals surface area (Å²) in [4.78, 5) is 4.23. The van der Waals surface area contributed by atoms with E-state index in [0.717, 1.165) is 30.9 Å². The fourth-order valence-electron chi connectivity index (χ4n) is 1.30. The van der Waals surface area contributed by atoms with Crippen molar-refractivity contribution in [3.05, 3.63) is 30.1 Å². The molecule has 0 amide bonds. The SMILES string of the molecule is CCCCOCC(O)CSCc1ccccn1.COC. The molecule has 1 atom stereocenters. The first-order valence-electron chi connectivity index (χ1n) is 6.88. The molecule has 0 aromatic carbocycles. The van der Waals surface area contributed by atoms with Gasteiger partial charge in [-0.15, -0.1) is 0 Å². The van der Waals surface area contributed by atoms with Crippen molar-refractivity contribution in [2.24, 2.45) is 0 Å². The largest absolute Gasteiger partial charge is 0.390 e. The number of pyridine rings is 1. The smallest absolute Gasteiger partial charge is 0.0863 e. The van der Waals surface area contributed by atoms with E-state index in [1.165, 1.54) is 0 Å². The van der Waals surface area contributed by atoms with E-state index < -0.39 is 0 Å². The van der Waals surface area contributed by atoms with Gasteiger partial charge in [-0.1, -0.05) is 19.4 Å². The van der Waals surface area contributed by atoms with Crippen molar-refractivity contribution < 1.29 is 14.6 Å². The lowest BCUT2D eigenvalue weighted by Gasteiger charge is -2.10. The zero-order valence-corrected chi connectivity index (χ0v) is 13.6. The van der Waals surface area contributed by atoms with Crippen LogP contribution in [-0.2, 0) is 15.2 Å². The van der Waals surface area contributed by atoms with Crippen LogP contribution >= 0.6 is 11.8 Å². The maximum absolute atomic E-state index is 9.66. The maximum atomic E-state index is 9.66. The van der Waals surface area contributed by atoms with Gasteiger partial charge in [0.2, 0.25) is 0 Å². The topological polar surface area (TPSA) is 51.6 Å². The van der Waals surface area contributed by atoms with E-state index in [4.69, 9.17) is 4.74 Å². The van der Waals surface area contributed by atoms with Crippen molar-refractivity contribution in [2.75, 3.05) is 33.2 Å². The van der Waals surface area contributed by atoms with E-state index in [9.17, 15) is 5.11 Å². The average Bonchev–Trinajstić information content (AvgIpc) is 2.46. The number of aliphatic hydroxyl groups is 1. The summed E-state index contributed by atoms with van der Waals surface area (Å²) in [7, 11) is 3.25. The first-order chi connectivity index (χ1) is 9.74. The number of unbranched alkanes of at least 4 members (excludes halogenated alkanes) is 1. The number of hydrogen-bond acceptors (Lipinski definition) is 5. The molecule has 0 aliphatic heterocycles. The van der Waals surface area contributed by atoms with Crippen LogP contribution in [-0.4, -0.2) is 49.4 Å². The van der Waals surface area contributed by atoms with Crippen molar-refractivity contribution in [3.8, 4) is 0 Å². The van der Waals surface area contributed by atoms with Gasteiger partial charge in [-0.3, -0.25) is 4.98 Å². The lowest BCUT2D eigenvalue weighted by molar-refractivity contribution is 0.0473. The lowest BCUT2D eigenvalue weighted by atomic mass is 10.3. The molecule has 5 heteroatoms. The van der Waals surface area contributed by atoms with Gasteiger partial charge in [-0.05, 0) is 18.6 Å². The summed E-state index contributed by atoms with van der Waals surface area (Å²) < 4.78 is 9.61. The van der Waals surface area contributed by atoms with Crippen LogP contribution in [0.4, 0.5) is 0 Å². The first-order valence-corrected chi connectivity index (χ1v) is 8.03. The summed E-state index contributed by atoms with van der Waals surface area (Å²) in [5.74, 6) is 1.54. The monoisotopic (exact) mass is 301 g/mol. The Balaban J connectivity index is 0.00000110. The number of ether oxygens (including phenoxy) is 2. The second-order valence-electron chi connectivity index (χ2n) is 4.33. The molecule has 0 aliphatic rings. The zero-order valence-electron chi connectivity index (χ0n) is 12.7. The molecule has 0 aliphatic carbocycles. The van der Waals surface area contributed by atoms with Gasteiger partial charge in [0.15, 0.2) is 0 Å². The summed E-state index contributed by atoms with van der Waals surface area (Å²) in [6, 6.07) is 5.88. The van der Waals surface area contributed by atoms with Gasteiger partial charge in [0, 0.05) is 38.5 Å². The molecule has 0 fully saturated rings. The number of methoxy groups -OCH3 is 1. The maximum Gasteiger partial charge on any atom is 0.0863 e. The Labute approximate surface area is 126 Å². The van der Waals surface area contributed by atoms with Gasteiger partial charge in [0.05, 0.1) is 18.4 Å². The van der Waals surface area contributed by atoms with E-state index in [0.29, 0.717) is 12.4 Å². The van der Waals surface area contributed by atoms with E-state index in [1.54, 1.807) is 32.2 Å². The van der Waals surface area contributed by atoms with Crippen LogP contribution in [0.25, 0.3) is 0 Å². The fourth-order valence-corrected chi connectivity index (χ4v) is 2.16. The third-order valence-electron chi connectivity index (χ3n) is 2.24. The Kier molecular flexibility index (Phi) is 14.3. The fraction of sp³-hybridized carbons (Fsp3) is 0.667. The Morgan fingerprint density at radius 1 is 1.35 bits per heavy atom. The van der Waals surface area contributed by atoms with Crippen molar-refractivity contribution in [2.45, 2.75) is 31.6 Å². The molecule has 1 rings (SSSR count). The second-order valence-corrected chi connectivity index (χ2v) is 5.36. The lowest BCUT2D eigenvalue weighted by Crippen LogP contribution is -2.18. The third kappa shape index (κ3) is 12.4. The normalized spacial score (nSPS) is 11.6. The van der Waals surface area contributed by atoms with Crippen LogP contribution in [0.15, 0.2) is 24.4 Å². The highest BCUT2D eigenvalue weighted by Crippen LogP contribution is 2.11. The van der Waals surface area contributed by atoms with E-state index in [-0.39, 0.29) is 6.10 Å². The van der Waals surface area contributed by atoms with Gasteiger partial charge in [-0.25, -0.2) is 0 Å². The number of hydrogen-bond donors (Lipinski definition) is 1. The minimum atomic E-state index is -0.374. The molecular formula is C15H27NO3S. The molecule has 0 radical (unpaired) electrons. The summed E-state index contributed by atoms with van der Waals surface area (Å²) in [5, 5.41) is 9.66. The summed E-state index contributed by atoms with van der Waals surface area (Å²) in [6.45, 7) is 3.32. The molecule has 4 nitrogen and oxygen atoms in total. The van der Waals surface area contributed by atoms with Crippen LogP contribution in [0, 0.1) is 0 Å². The molecule has 0 saturated carbocycles. The van der Waals surface area contributed by atoms with Gasteiger partial charge < -0.3 is 14.6 Å². The van der Waals surface area contributed by atoms with Crippen LogP contribution in [0.2, 0.25) is 0 Å². The highest BCUT2D eigenvalue weighted by molar-refractivity contribution is 7.98. The summed E-state index contributed by atoms with van der Waals surface area (Å²) >= 11 is 1.69. The van der Waals surface area contributed by atoms with Crippen molar-refractivity contribution in [3.63, 3.8) is 0 Å². The van der Waals surface area contributed by atoms with Gasteiger partial charge >= 0.3 is 0 Å². The molecule has 20 heavy (non-hydrogen) atoms. The van der Waals surface area contributed by atoms with E-state index in [1.807, 2.05) is 18.2 Å². The minimum absolute atomic E-state index is 0.374. The molecular weight excluding hydrogens is 274 g/mol. The minimum Gasteiger partial charge on any atom is -0.390 e. The van der Waals surface area contributed by atoms with Crippen LogP contribution < -0.4 is 0 Å². The molecule has 0 spiro atoms. The van der Waals surface area contributed by atoms with Gasteiger partial charge in [0.1, 0.15) is 0 Å². The number of aliphatic hydroxyl groups excluding tert-OH is 1. The predicted molar refractivity (Wildman–Crippen MR) is 85.1 cm³/mol. The van der Waals surface area contributed by atoms with E-state index in [2.05, 4.69) is 16.6 Å². The van der Waals surface area contributed by atoms with Crippen LogP contribution in [0.1, 0.15) is 25.5 Å². The standard InChI is InChI=1S/C13H21NO2S.C2H6O/c1-2-3-8-16-9-13(15)11-17-10-12-6-4-5-7-14-12;1-3-2/h4-7,13,15H,2-3,8-11H2,1H3;1-2H3. The van der Waals surface area contributed by atoms with Crippen LogP contribution in [0.5, 0.6) is 0 Å². The Hall–Kier alpha value is -0.620. The van der Waals surface area contributed by atoms with Gasteiger partial charge in [-0.2, -0.15) is 11.8 Å². The molecule has 1 aromatic rings. The highest BCUT2D eigenvalue weighted by Gasteiger charge is 2.04.